The molecule has 0 saturated heterocycles. The molecule has 112 valence electrons. The van der Waals surface area contributed by atoms with E-state index in [1.54, 1.807) is 12.0 Å². The van der Waals surface area contributed by atoms with Gasteiger partial charge >= 0.3 is 5.97 Å². The van der Waals surface area contributed by atoms with Crippen LogP contribution in [0.25, 0.3) is 0 Å². The summed E-state index contributed by atoms with van der Waals surface area (Å²) in [6.45, 7) is 1.85. The van der Waals surface area contributed by atoms with Gasteiger partial charge in [-0.3, -0.25) is 0 Å². The highest BCUT2D eigenvalue weighted by molar-refractivity contribution is 7.80. The number of methoxy groups -OCH3 is 2. The molecule has 0 spiro atoms. The Hall–Kier alpha value is -2.08. The molecule has 2 rings (SSSR count). The van der Waals surface area contributed by atoms with Gasteiger partial charge in [0.05, 0.1) is 25.8 Å². The van der Waals surface area contributed by atoms with Crippen LogP contribution in [-0.2, 0) is 9.53 Å². The van der Waals surface area contributed by atoms with Gasteiger partial charge in [0.2, 0.25) is 0 Å². The molecule has 0 fully saturated rings. The van der Waals surface area contributed by atoms with Gasteiger partial charge in [-0.1, -0.05) is 18.2 Å². The van der Waals surface area contributed by atoms with Gasteiger partial charge in [-0.05, 0) is 25.2 Å². The van der Waals surface area contributed by atoms with E-state index in [1.807, 2.05) is 38.2 Å². The van der Waals surface area contributed by atoms with Gasteiger partial charge < -0.3 is 19.7 Å². The molecule has 1 heterocycles. The van der Waals surface area contributed by atoms with Crippen molar-refractivity contribution in [3.05, 3.63) is 41.1 Å². The summed E-state index contributed by atoms with van der Waals surface area (Å²) < 4.78 is 10.3. The molecule has 1 N–H and O–H groups in total. The standard InChI is InChI=1S/C15H18N2O3S/c1-9-12(14(18)20-4)13(16-15(21)17(9)2)10-7-5-6-8-11(10)19-3/h5-8,13H,1-4H3,(H,16,21). The Bertz CT molecular complexity index is 613. The van der Waals surface area contributed by atoms with E-state index in [2.05, 4.69) is 5.32 Å². The summed E-state index contributed by atoms with van der Waals surface area (Å²) in [5.74, 6) is 0.307. The Morgan fingerprint density at radius 2 is 2.00 bits per heavy atom. The molecule has 21 heavy (non-hydrogen) atoms. The molecule has 0 aromatic heterocycles. The van der Waals surface area contributed by atoms with Gasteiger partial charge in [0.1, 0.15) is 5.75 Å². The van der Waals surface area contributed by atoms with Crippen LogP contribution < -0.4 is 10.1 Å². The lowest BCUT2D eigenvalue weighted by molar-refractivity contribution is -0.136. The average molecular weight is 306 g/mol. The van der Waals surface area contributed by atoms with Crippen LogP contribution in [0.1, 0.15) is 18.5 Å². The zero-order valence-electron chi connectivity index (χ0n) is 12.5. The van der Waals surface area contributed by atoms with E-state index in [-0.39, 0.29) is 5.97 Å². The third-order valence-corrected chi connectivity index (χ3v) is 4.00. The summed E-state index contributed by atoms with van der Waals surface area (Å²) in [5, 5.41) is 3.72. The van der Waals surface area contributed by atoms with E-state index in [0.29, 0.717) is 16.4 Å². The van der Waals surface area contributed by atoms with E-state index in [4.69, 9.17) is 21.7 Å². The van der Waals surface area contributed by atoms with Crippen molar-refractivity contribution < 1.29 is 14.3 Å². The molecule has 6 heteroatoms. The number of benzene rings is 1. The largest absolute Gasteiger partial charge is 0.496 e. The number of carbonyl (C=O) groups excluding carboxylic acids is 1. The normalized spacial score (nSPS) is 18.4. The van der Waals surface area contributed by atoms with Gasteiger partial charge in [0, 0.05) is 18.3 Å². The van der Waals surface area contributed by atoms with E-state index in [0.717, 1.165) is 11.3 Å². The zero-order chi connectivity index (χ0) is 15.6. The number of carbonyl (C=O) groups is 1. The highest BCUT2D eigenvalue weighted by Crippen LogP contribution is 2.35. The molecule has 1 aromatic carbocycles. The van der Waals surface area contributed by atoms with Gasteiger partial charge in [-0.25, -0.2) is 4.79 Å². The van der Waals surface area contributed by atoms with Gasteiger partial charge in [-0.15, -0.1) is 0 Å². The van der Waals surface area contributed by atoms with E-state index in [9.17, 15) is 4.79 Å². The van der Waals surface area contributed by atoms with Crippen LogP contribution in [0.2, 0.25) is 0 Å². The number of nitrogens with zero attached hydrogens (tertiary/aromatic N) is 1. The number of rotatable bonds is 3. The lowest BCUT2D eigenvalue weighted by atomic mass is 9.94. The molecule has 5 nitrogen and oxygen atoms in total. The fraction of sp³-hybridized carbons (Fsp3) is 0.333. The smallest absolute Gasteiger partial charge is 0.337 e. The summed E-state index contributed by atoms with van der Waals surface area (Å²) in [7, 11) is 4.78. The first-order valence-corrected chi connectivity index (χ1v) is 6.88. The Kier molecular flexibility index (Phi) is 4.47. The van der Waals surface area contributed by atoms with Crippen molar-refractivity contribution in [1.82, 2.24) is 10.2 Å². The van der Waals surface area contributed by atoms with Crippen LogP contribution in [0, 0.1) is 0 Å². The van der Waals surface area contributed by atoms with Crippen LogP contribution >= 0.6 is 12.2 Å². The summed E-state index contributed by atoms with van der Waals surface area (Å²) in [6.07, 6.45) is 0. The maximum Gasteiger partial charge on any atom is 0.337 e. The van der Waals surface area contributed by atoms with Crippen LogP contribution in [0.4, 0.5) is 0 Å². The number of esters is 1. The third-order valence-electron chi connectivity index (χ3n) is 3.61. The van der Waals surface area contributed by atoms with Crippen molar-refractivity contribution in [3.63, 3.8) is 0 Å². The maximum absolute atomic E-state index is 12.2. The second kappa shape index (κ2) is 6.13. The van der Waals surface area contributed by atoms with E-state index < -0.39 is 6.04 Å². The van der Waals surface area contributed by atoms with Crippen molar-refractivity contribution in [3.8, 4) is 5.75 Å². The number of nitrogens with one attached hydrogen (secondary N) is 1. The number of hydrogen-bond donors (Lipinski definition) is 1. The summed E-state index contributed by atoms with van der Waals surface area (Å²) >= 11 is 5.33. The number of ether oxygens (including phenoxy) is 2. The summed E-state index contributed by atoms with van der Waals surface area (Å²) in [6, 6.07) is 7.13. The van der Waals surface area contributed by atoms with E-state index in [1.165, 1.54) is 7.11 Å². The first-order chi connectivity index (χ1) is 10.0. The van der Waals surface area contributed by atoms with Gasteiger partial charge in [0.25, 0.3) is 0 Å². The predicted molar refractivity (Wildman–Crippen MR) is 83.9 cm³/mol. The number of hydrogen-bond acceptors (Lipinski definition) is 4. The van der Waals surface area contributed by atoms with Crippen molar-refractivity contribution in [2.75, 3.05) is 21.3 Å². The molecule has 1 aliphatic heterocycles. The fourth-order valence-corrected chi connectivity index (χ4v) is 2.60. The van der Waals surface area contributed by atoms with E-state index >= 15 is 0 Å². The second-order valence-electron chi connectivity index (χ2n) is 4.67. The molecule has 0 saturated carbocycles. The zero-order valence-corrected chi connectivity index (χ0v) is 13.3. The highest BCUT2D eigenvalue weighted by Gasteiger charge is 2.34. The quantitative estimate of drug-likeness (QED) is 0.681. The van der Waals surface area contributed by atoms with Crippen LogP contribution in [-0.4, -0.2) is 37.2 Å². The molecule has 0 bridgehead atoms. The average Bonchev–Trinajstić information content (AvgIpc) is 2.51. The molecular weight excluding hydrogens is 288 g/mol. The SMILES string of the molecule is COC(=O)C1=C(C)N(C)C(=S)NC1c1ccccc1OC. The molecular formula is C15H18N2O3S. The van der Waals surface area contributed by atoms with Crippen molar-refractivity contribution >= 4 is 23.3 Å². The molecule has 1 aromatic rings. The molecule has 1 atom stereocenters. The molecule has 1 unspecified atom stereocenters. The first kappa shape index (κ1) is 15.3. The molecule has 1 aliphatic rings. The highest BCUT2D eigenvalue weighted by atomic mass is 32.1. The van der Waals surface area contributed by atoms with Crippen molar-refractivity contribution in [2.24, 2.45) is 0 Å². The lowest BCUT2D eigenvalue weighted by Gasteiger charge is -2.35. The number of para-hydroxylation sites is 1. The predicted octanol–water partition coefficient (Wildman–Crippen LogP) is 2.00. The fourth-order valence-electron chi connectivity index (χ4n) is 2.35. The van der Waals surface area contributed by atoms with Crippen molar-refractivity contribution in [1.29, 1.82) is 0 Å². The Labute approximate surface area is 129 Å². The number of allylic oxidation sites excluding steroid dienone is 1. The van der Waals surface area contributed by atoms with Crippen LogP contribution in [0.5, 0.6) is 5.75 Å². The third kappa shape index (κ3) is 2.71. The minimum atomic E-state index is -0.391. The molecule has 0 radical (unpaired) electrons. The van der Waals surface area contributed by atoms with Crippen LogP contribution in [0.15, 0.2) is 35.5 Å². The summed E-state index contributed by atoms with van der Waals surface area (Å²) in [5.41, 5.74) is 2.13. The Morgan fingerprint density at radius 1 is 1.33 bits per heavy atom. The van der Waals surface area contributed by atoms with Crippen LogP contribution in [0.3, 0.4) is 0 Å². The molecule has 0 aliphatic carbocycles. The second-order valence-corrected chi connectivity index (χ2v) is 5.06. The van der Waals surface area contributed by atoms with Gasteiger partial charge in [0.15, 0.2) is 5.11 Å². The minimum Gasteiger partial charge on any atom is -0.496 e. The summed E-state index contributed by atoms with van der Waals surface area (Å²) in [4.78, 5) is 13.9. The monoisotopic (exact) mass is 306 g/mol. The lowest BCUT2D eigenvalue weighted by Crippen LogP contribution is -2.46. The van der Waals surface area contributed by atoms with Crippen molar-refractivity contribution in [2.45, 2.75) is 13.0 Å². The Balaban J connectivity index is 2.59. The van der Waals surface area contributed by atoms with Gasteiger partial charge in [-0.2, -0.15) is 0 Å². The topological polar surface area (TPSA) is 50.8 Å². The minimum absolute atomic E-state index is 0.384. The Morgan fingerprint density at radius 3 is 2.62 bits per heavy atom. The molecule has 0 amide bonds. The maximum atomic E-state index is 12.2. The first-order valence-electron chi connectivity index (χ1n) is 6.47. The number of thiocarbonyl (C=S) groups is 1.